The van der Waals surface area contributed by atoms with Crippen LogP contribution in [0.5, 0.6) is 0 Å². The number of hydrogen-bond donors (Lipinski definition) is 1. The van der Waals surface area contributed by atoms with Gasteiger partial charge in [0, 0.05) is 6.42 Å². The summed E-state index contributed by atoms with van der Waals surface area (Å²) in [5, 5.41) is 2.45. The first-order chi connectivity index (χ1) is 12.2. The van der Waals surface area contributed by atoms with Crippen LogP contribution in [0.15, 0.2) is 43.0 Å². The molecule has 0 spiro atoms. The Labute approximate surface area is 154 Å². The third-order valence-corrected chi connectivity index (χ3v) is 3.31. The van der Waals surface area contributed by atoms with Gasteiger partial charge in [0.05, 0.1) is 6.42 Å². The lowest BCUT2D eigenvalue weighted by Gasteiger charge is -2.22. The Balaban J connectivity index is 2.71. The molecule has 0 radical (unpaired) electrons. The zero-order valence-electron chi connectivity index (χ0n) is 15.6. The van der Waals surface area contributed by atoms with Crippen LogP contribution >= 0.6 is 0 Å². The van der Waals surface area contributed by atoms with E-state index in [1.54, 1.807) is 20.8 Å². The highest BCUT2D eigenvalue weighted by molar-refractivity contribution is 5.91. The van der Waals surface area contributed by atoms with Crippen molar-refractivity contribution in [1.82, 2.24) is 5.32 Å². The average molecular weight is 361 g/mol. The van der Waals surface area contributed by atoms with Gasteiger partial charge in [-0.15, -0.1) is 0 Å². The van der Waals surface area contributed by atoms with E-state index in [-0.39, 0.29) is 25.2 Å². The van der Waals surface area contributed by atoms with Crippen molar-refractivity contribution in [3.8, 4) is 0 Å². The average Bonchev–Trinajstić information content (AvgIpc) is 2.56. The minimum atomic E-state index is -0.995. The van der Waals surface area contributed by atoms with E-state index >= 15 is 0 Å². The van der Waals surface area contributed by atoms with Gasteiger partial charge in [-0.25, -0.2) is 4.79 Å². The first kappa shape index (κ1) is 21.4. The number of benzene rings is 1. The number of Topliss-reactive ketones (excluding diaryl/α,β-unsaturated/α-hetero) is 1. The molecule has 0 saturated carbocycles. The van der Waals surface area contributed by atoms with Gasteiger partial charge in [-0.3, -0.25) is 9.59 Å². The fraction of sp³-hybridized carbons (Fsp3) is 0.450. The number of carbonyl (C=O) groups excluding carboxylic acids is 3. The molecule has 0 aliphatic carbocycles. The number of esters is 1. The zero-order valence-corrected chi connectivity index (χ0v) is 15.6. The number of rotatable bonds is 9. The van der Waals surface area contributed by atoms with Crippen molar-refractivity contribution < 1.29 is 23.9 Å². The maximum absolute atomic E-state index is 12.5. The van der Waals surface area contributed by atoms with E-state index in [9.17, 15) is 14.4 Å². The van der Waals surface area contributed by atoms with Gasteiger partial charge >= 0.3 is 12.1 Å². The number of nitrogens with one attached hydrogen (secondary N) is 1. The van der Waals surface area contributed by atoms with Crippen LogP contribution in [-0.2, 0) is 25.5 Å². The summed E-state index contributed by atoms with van der Waals surface area (Å²) < 4.78 is 10.1. The van der Waals surface area contributed by atoms with Gasteiger partial charge in [-0.05, 0) is 32.8 Å². The summed E-state index contributed by atoms with van der Waals surface area (Å²) in [6.45, 7) is 8.69. The maximum Gasteiger partial charge on any atom is 0.408 e. The normalized spacial score (nSPS) is 12.0. The molecular formula is C20H27NO5. The second-order valence-electron chi connectivity index (χ2n) is 6.83. The molecule has 0 heterocycles. The molecule has 0 fully saturated rings. The van der Waals surface area contributed by atoms with Crippen molar-refractivity contribution in [2.24, 2.45) is 0 Å². The lowest BCUT2D eigenvalue weighted by molar-refractivity contribution is -0.156. The van der Waals surface area contributed by atoms with Gasteiger partial charge in [0.25, 0.3) is 0 Å². The number of ketones is 1. The summed E-state index contributed by atoms with van der Waals surface area (Å²) >= 11 is 0. The minimum Gasteiger partial charge on any atom is -0.460 e. The Kier molecular flexibility index (Phi) is 8.55. The summed E-state index contributed by atoms with van der Waals surface area (Å²) in [6, 6.07) is 8.52. The van der Waals surface area contributed by atoms with Crippen LogP contribution in [-0.4, -0.2) is 36.1 Å². The monoisotopic (exact) mass is 361 g/mol. The number of hydrogen-bond acceptors (Lipinski definition) is 5. The molecule has 142 valence electrons. The van der Waals surface area contributed by atoms with E-state index in [1.165, 1.54) is 6.08 Å². The van der Waals surface area contributed by atoms with E-state index in [2.05, 4.69) is 11.9 Å². The number of carbonyl (C=O) groups is 3. The Morgan fingerprint density at radius 3 is 2.42 bits per heavy atom. The van der Waals surface area contributed by atoms with Crippen LogP contribution in [0, 0.1) is 0 Å². The largest absolute Gasteiger partial charge is 0.460 e. The van der Waals surface area contributed by atoms with Gasteiger partial charge in [-0.2, -0.15) is 0 Å². The summed E-state index contributed by atoms with van der Waals surface area (Å²) in [7, 11) is 0. The molecule has 26 heavy (non-hydrogen) atoms. The molecule has 1 aromatic rings. The highest BCUT2D eigenvalue weighted by atomic mass is 16.6. The van der Waals surface area contributed by atoms with E-state index < -0.39 is 23.7 Å². The van der Waals surface area contributed by atoms with Crippen LogP contribution in [0.1, 0.15) is 39.2 Å². The Bertz CT molecular complexity index is 619. The quantitative estimate of drug-likeness (QED) is 0.539. The van der Waals surface area contributed by atoms with Crippen LogP contribution in [0.25, 0.3) is 0 Å². The summed E-state index contributed by atoms with van der Waals surface area (Å²) in [4.78, 5) is 36.4. The van der Waals surface area contributed by atoms with Crippen LogP contribution in [0.3, 0.4) is 0 Å². The first-order valence-corrected chi connectivity index (χ1v) is 8.54. The Morgan fingerprint density at radius 1 is 1.19 bits per heavy atom. The number of ether oxygens (including phenoxy) is 2. The van der Waals surface area contributed by atoms with Crippen molar-refractivity contribution in [2.45, 2.75) is 51.7 Å². The minimum absolute atomic E-state index is 0.0171. The lowest BCUT2D eigenvalue weighted by atomic mass is 10.0. The Hall–Kier alpha value is -2.63. The summed E-state index contributed by atoms with van der Waals surface area (Å²) in [5.74, 6) is -0.810. The standard InChI is InChI=1S/C20H27NO5/c1-5-13-25-19(24)21-16(14-18(23)26-20(2,3)4)17(22)12-11-15-9-7-6-8-10-15/h5-10,16H,1,11-14H2,2-4H3,(H,21,24). The highest BCUT2D eigenvalue weighted by Crippen LogP contribution is 2.12. The SMILES string of the molecule is C=CCOC(=O)NC(CC(=O)OC(C)(C)C)C(=O)CCc1ccccc1. The van der Waals surface area contributed by atoms with Crippen molar-refractivity contribution in [1.29, 1.82) is 0 Å². The predicted molar refractivity (Wildman–Crippen MR) is 98.7 cm³/mol. The molecule has 1 rings (SSSR count). The van der Waals surface area contributed by atoms with Crippen molar-refractivity contribution in [3.63, 3.8) is 0 Å². The van der Waals surface area contributed by atoms with Crippen LogP contribution < -0.4 is 5.32 Å². The van der Waals surface area contributed by atoms with Gasteiger partial charge in [0.15, 0.2) is 5.78 Å². The van der Waals surface area contributed by atoms with E-state index in [0.29, 0.717) is 6.42 Å². The molecule has 1 unspecified atom stereocenters. The predicted octanol–water partition coefficient (Wildman–Crippen LogP) is 3.20. The lowest BCUT2D eigenvalue weighted by Crippen LogP contribution is -2.43. The van der Waals surface area contributed by atoms with Gasteiger partial charge in [0.1, 0.15) is 18.2 Å². The van der Waals surface area contributed by atoms with Gasteiger partial charge < -0.3 is 14.8 Å². The molecule has 0 aliphatic heterocycles. The van der Waals surface area contributed by atoms with E-state index in [4.69, 9.17) is 9.47 Å². The van der Waals surface area contributed by atoms with Crippen LogP contribution in [0.2, 0.25) is 0 Å². The second-order valence-corrected chi connectivity index (χ2v) is 6.83. The molecule has 1 aromatic carbocycles. The smallest absolute Gasteiger partial charge is 0.408 e. The van der Waals surface area contributed by atoms with Crippen LogP contribution in [0.4, 0.5) is 4.79 Å². The molecular weight excluding hydrogens is 334 g/mol. The summed E-state index contributed by atoms with van der Waals surface area (Å²) in [5.41, 5.74) is 0.337. The zero-order chi connectivity index (χ0) is 19.6. The molecule has 1 amide bonds. The maximum atomic E-state index is 12.5. The van der Waals surface area contributed by atoms with Crippen molar-refractivity contribution >= 4 is 17.8 Å². The molecule has 6 heteroatoms. The molecule has 6 nitrogen and oxygen atoms in total. The summed E-state index contributed by atoms with van der Waals surface area (Å²) in [6.07, 6.45) is 1.12. The second kappa shape index (κ2) is 10.4. The topological polar surface area (TPSA) is 81.7 Å². The molecule has 0 bridgehead atoms. The van der Waals surface area contributed by atoms with Crippen molar-refractivity contribution in [2.75, 3.05) is 6.61 Å². The number of alkyl carbamates (subject to hydrolysis) is 1. The Morgan fingerprint density at radius 2 is 1.85 bits per heavy atom. The molecule has 0 aliphatic rings. The number of aryl methyl sites for hydroxylation is 1. The van der Waals surface area contributed by atoms with Gasteiger partial charge in [0.2, 0.25) is 0 Å². The van der Waals surface area contributed by atoms with Crippen molar-refractivity contribution in [3.05, 3.63) is 48.6 Å². The van der Waals surface area contributed by atoms with E-state index in [0.717, 1.165) is 5.56 Å². The fourth-order valence-corrected chi connectivity index (χ4v) is 2.20. The molecule has 0 saturated heterocycles. The third kappa shape index (κ3) is 9.01. The third-order valence-electron chi connectivity index (χ3n) is 3.31. The highest BCUT2D eigenvalue weighted by Gasteiger charge is 2.27. The van der Waals surface area contributed by atoms with E-state index in [1.807, 2.05) is 30.3 Å². The molecule has 1 atom stereocenters. The molecule has 1 N–H and O–H groups in total. The van der Waals surface area contributed by atoms with Gasteiger partial charge in [-0.1, -0.05) is 43.0 Å². The fourth-order valence-electron chi connectivity index (χ4n) is 2.20. The first-order valence-electron chi connectivity index (χ1n) is 8.54. The number of amides is 1. The molecule has 0 aromatic heterocycles.